The molecule has 6 saturated heterocycles. The number of piperazine rings is 2. The van der Waals surface area contributed by atoms with Gasteiger partial charge in [-0.2, -0.15) is 0 Å². The maximum atomic E-state index is 12.7. The molecule has 1 aromatic heterocycles. The number of hydrogen-bond donors (Lipinski definition) is 2. The number of carbonyl (C=O) groups excluding carboxylic acids is 1. The lowest BCUT2D eigenvalue weighted by atomic mass is 10.1. The van der Waals surface area contributed by atoms with Crippen LogP contribution in [0.1, 0.15) is 36.0 Å². The van der Waals surface area contributed by atoms with E-state index < -0.39 is 0 Å². The third-order valence-corrected chi connectivity index (χ3v) is 13.1. The van der Waals surface area contributed by atoms with Crippen molar-refractivity contribution >= 4 is 17.9 Å². The van der Waals surface area contributed by atoms with Crippen molar-refractivity contribution in [1.82, 2.24) is 20.6 Å². The molecule has 6 aliphatic heterocycles. The molecule has 0 unspecified atom stereocenters. The number of rotatable bonds is 3. The van der Waals surface area contributed by atoms with E-state index in [0.29, 0.717) is 0 Å². The maximum Gasteiger partial charge on any atom is 0.157 e. The van der Waals surface area contributed by atoms with Gasteiger partial charge in [0.25, 0.3) is 0 Å². The molecule has 0 saturated carbocycles. The van der Waals surface area contributed by atoms with Crippen LogP contribution in [0.15, 0.2) is 6.33 Å². The number of carbonyl (C=O) groups is 1. The zero-order valence-corrected chi connectivity index (χ0v) is 27.4. The van der Waals surface area contributed by atoms with Crippen molar-refractivity contribution < 1.29 is 22.7 Å². The second-order valence-electron chi connectivity index (χ2n) is 15.4. The predicted octanol–water partition coefficient (Wildman–Crippen LogP) is -0.00970. The van der Waals surface area contributed by atoms with Crippen LogP contribution in [-0.4, -0.2) is 191 Å². The molecule has 0 aliphatic carbocycles. The Morgan fingerprint density at radius 1 is 0.500 bits per heavy atom. The van der Waals surface area contributed by atoms with Crippen LogP contribution < -0.4 is 20.4 Å². The van der Waals surface area contributed by atoms with Gasteiger partial charge in [-0.25, -0.2) is 9.97 Å². The molecule has 2 N–H and O–H groups in total. The van der Waals surface area contributed by atoms with E-state index in [1.165, 1.54) is 161 Å². The van der Waals surface area contributed by atoms with Gasteiger partial charge in [-0.05, 0) is 0 Å². The van der Waals surface area contributed by atoms with E-state index in [1.54, 1.807) is 6.33 Å². The largest absolute Gasteiger partial charge is 0.350 e. The van der Waals surface area contributed by atoms with Crippen LogP contribution in [0.2, 0.25) is 0 Å². The van der Waals surface area contributed by atoms with E-state index in [-0.39, 0.29) is 0 Å². The minimum absolute atomic E-state index is 0.717. The summed E-state index contributed by atoms with van der Waals surface area (Å²) >= 11 is 0. The molecule has 11 nitrogen and oxygen atoms in total. The van der Waals surface area contributed by atoms with Crippen molar-refractivity contribution in [3.8, 4) is 0 Å². The second-order valence-corrected chi connectivity index (χ2v) is 15.4. The summed E-state index contributed by atoms with van der Waals surface area (Å²) in [6.07, 6.45) is 7.74. The highest BCUT2D eigenvalue weighted by molar-refractivity contribution is 5.90. The molecule has 7 heterocycles. The molecule has 0 atom stereocenters. The lowest BCUT2D eigenvalue weighted by Crippen LogP contribution is -2.68. The third-order valence-electron chi connectivity index (χ3n) is 13.1. The summed E-state index contributed by atoms with van der Waals surface area (Å²) < 4.78 is 5.16. The standard InChI is InChI=1S/C33H60N10O/c44-29-31-32(38-9-3-15-42(19-11-38)25-21-40(22-26-42)13-1-5-34-7-17-40)36-30-37-33(31)39-10-4-16-43(20-12-39)27-23-41(24-28-43)14-2-6-35-8-18-41/h29-30,34-35H,1-28H2/q+4. The molecule has 7 rings (SSSR count). The van der Waals surface area contributed by atoms with Crippen LogP contribution >= 0.6 is 0 Å². The zero-order chi connectivity index (χ0) is 29.9. The highest BCUT2D eigenvalue weighted by Gasteiger charge is 2.45. The summed E-state index contributed by atoms with van der Waals surface area (Å²) in [4.78, 5) is 27.1. The normalized spacial score (nSPS) is 37.5. The lowest BCUT2D eigenvalue weighted by molar-refractivity contribution is -1.03. The Hall–Kier alpha value is -1.89. The maximum absolute atomic E-state index is 12.7. The molecule has 1 aromatic rings. The average Bonchev–Trinajstić information content (AvgIpc) is 3.59. The molecule has 0 bridgehead atoms. The molecule has 0 radical (unpaired) electrons. The van der Waals surface area contributed by atoms with Crippen LogP contribution in [0.4, 0.5) is 11.6 Å². The van der Waals surface area contributed by atoms with Gasteiger partial charge in [0.05, 0.1) is 71.0 Å². The smallest absolute Gasteiger partial charge is 0.157 e. The Morgan fingerprint density at radius 3 is 1.34 bits per heavy atom. The SMILES string of the molecule is O=Cc1c(N2CCC[N+]3(CC2)CC[N+]2(CCCNCC2)CC3)ncnc1N1CCC[N+]2(CC1)CC[N+]1(CCCNCC1)CC2. The van der Waals surface area contributed by atoms with Gasteiger partial charge in [0.15, 0.2) is 6.29 Å². The molecule has 0 amide bonds. The van der Waals surface area contributed by atoms with Gasteiger partial charge in [-0.15, -0.1) is 0 Å². The van der Waals surface area contributed by atoms with Gasteiger partial charge in [-0.1, -0.05) is 0 Å². The highest BCUT2D eigenvalue weighted by atomic mass is 16.1. The molecule has 4 spiro atoms. The second kappa shape index (κ2) is 13.1. The molecule has 0 aromatic carbocycles. The van der Waals surface area contributed by atoms with Crippen LogP contribution in [0.3, 0.4) is 0 Å². The summed E-state index contributed by atoms with van der Waals surface area (Å²) in [5.41, 5.74) is 0.717. The van der Waals surface area contributed by atoms with Gasteiger partial charge < -0.3 is 38.4 Å². The summed E-state index contributed by atoms with van der Waals surface area (Å²) in [5, 5.41) is 7.24. The number of hydrogen-bond acceptors (Lipinski definition) is 7. The van der Waals surface area contributed by atoms with Crippen LogP contribution in [0.25, 0.3) is 0 Å². The van der Waals surface area contributed by atoms with Crippen molar-refractivity contribution in [2.24, 2.45) is 0 Å². The Labute approximate surface area is 265 Å². The fourth-order valence-electron chi connectivity index (χ4n) is 9.84. The van der Waals surface area contributed by atoms with Crippen molar-refractivity contribution in [3.63, 3.8) is 0 Å². The van der Waals surface area contributed by atoms with E-state index in [4.69, 9.17) is 9.97 Å². The number of nitrogens with one attached hydrogen (secondary N) is 2. The summed E-state index contributed by atoms with van der Waals surface area (Å²) in [5.74, 6) is 1.74. The number of quaternary nitrogens is 4. The quantitative estimate of drug-likeness (QED) is 0.368. The van der Waals surface area contributed by atoms with Crippen molar-refractivity contribution in [1.29, 1.82) is 0 Å². The van der Waals surface area contributed by atoms with E-state index in [9.17, 15) is 4.79 Å². The van der Waals surface area contributed by atoms with Gasteiger partial charge >= 0.3 is 0 Å². The van der Waals surface area contributed by atoms with Crippen molar-refractivity contribution in [2.45, 2.75) is 25.7 Å². The Bertz CT molecular complexity index is 1030. The molecule has 6 aliphatic rings. The molecular formula is C33H60N10O+4. The average molecular weight is 613 g/mol. The van der Waals surface area contributed by atoms with Crippen LogP contribution in [0, 0.1) is 0 Å². The van der Waals surface area contributed by atoms with E-state index >= 15 is 0 Å². The van der Waals surface area contributed by atoms with Crippen LogP contribution in [-0.2, 0) is 0 Å². The van der Waals surface area contributed by atoms with Crippen molar-refractivity contribution in [3.05, 3.63) is 11.9 Å². The Morgan fingerprint density at radius 2 is 0.909 bits per heavy atom. The summed E-state index contributed by atoms with van der Waals surface area (Å²) in [7, 11) is 0. The van der Waals surface area contributed by atoms with E-state index in [0.717, 1.165) is 62.8 Å². The fourth-order valence-corrected chi connectivity index (χ4v) is 9.84. The number of aromatic nitrogens is 2. The minimum Gasteiger partial charge on any atom is -0.350 e. The number of anilines is 2. The number of nitrogens with zero attached hydrogens (tertiary/aromatic N) is 8. The summed E-state index contributed by atoms with van der Waals surface area (Å²) in [6, 6.07) is 0. The highest BCUT2D eigenvalue weighted by Crippen LogP contribution is 2.30. The van der Waals surface area contributed by atoms with E-state index in [2.05, 4.69) is 20.4 Å². The van der Waals surface area contributed by atoms with Gasteiger partial charge in [0.2, 0.25) is 0 Å². The first-order valence-corrected chi connectivity index (χ1v) is 18.2. The minimum atomic E-state index is 0.717. The first-order valence-electron chi connectivity index (χ1n) is 18.2. The molecule has 244 valence electrons. The fraction of sp³-hybridized carbons (Fsp3) is 0.848. The van der Waals surface area contributed by atoms with Crippen LogP contribution in [0.5, 0.6) is 0 Å². The van der Waals surface area contributed by atoms with E-state index in [1.807, 2.05) is 0 Å². The molecule has 6 fully saturated rings. The molecule has 11 heteroatoms. The molecular weight excluding hydrogens is 552 g/mol. The van der Waals surface area contributed by atoms with Gasteiger partial charge in [-0.3, -0.25) is 4.79 Å². The lowest BCUT2D eigenvalue weighted by Gasteiger charge is -2.49. The zero-order valence-electron chi connectivity index (χ0n) is 27.4. The monoisotopic (exact) mass is 612 g/mol. The third kappa shape index (κ3) is 6.37. The first-order chi connectivity index (χ1) is 21.6. The number of aldehydes is 1. The molecule has 44 heavy (non-hydrogen) atoms. The first kappa shape index (κ1) is 30.7. The predicted molar refractivity (Wildman–Crippen MR) is 175 cm³/mol. The topological polar surface area (TPSA) is 73.4 Å². The van der Waals surface area contributed by atoms with Gasteiger partial charge in [0.1, 0.15) is 70.3 Å². The summed E-state index contributed by atoms with van der Waals surface area (Å²) in [6.45, 7) is 29.3. The van der Waals surface area contributed by atoms with Crippen molar-refractivity contribution in [2.75, 3.05) is 167 Å². The Kier molecular flexibility index (Phi) is 9.14. The Balaban J connectivity index is 0.998. The van der Waals surface area contributed by atoms with Gasteiger partial charge in [0, 0.05) is 65.0 Å².